The van der Waals surface area contributed by atoms with Gasteiger partial charge in [0.15, 0.2) is 0 Å². The molecule has 0 unspecified atom stereocenters. The van der Waals surface area contributed by atoms with Crippen molar-refractivity contribution in [2.24, 2.45) is 11.8 Å². The molecule has 2 bridgehead atoms. The van der Waals surface area contributed by atoms with E-state index >= 15 is 0 Å². The van der Waals surface area contributed by atoms with Crippen LogP contribution in [0.25, 0.3) is 0 Å². The Bertz CT molecular complexity index is 643. The lowest BCUT2D eigenvalue weighted by atomic mass is 9.82. The van der Waals surface area contributed by atoms with Crippen LogP contribution < -0.4 is 5.32 Å². The molecule has 0 saturated carbocycles. The summed E-state index contributed by atoms with van der Waals surface area (Å²) in [5, 5.41) is 12.1. The van der Waals surface area contributed by atoms with Crippen LogP contribution in [0.5, 0.6) is 0 Å². The van der Waals surface area contributed by atoms with Gasteiger partial charge in [0.25, 0.3) is 0 Å². The average molecular weight is 352 g/mol. The molecule has 3 rings (SSSR count). The maximum absolute atomic E-state index is 12.4. The lowest BCUT2D eigenvalue weighted by Gasteiger charge is -2.21. The van der Waals surface area contributed by atoms with E-state index in [-0.39, 0.29) is 5.91 Å². The second kappa shape index (κ2) is 5.27. The van der Waals surface area contributed by atoms with Crippen molar-refractivity contribution in [3.63, 3.8) is 0 Å². The molecule has 4 atom stereocenters. The Morgan fingerprint density at radius 3 is 2.52 bits per heavy atom. The van der Waals surface area contributed by atoms with Crippen molar-refractivity contribution in [1.82, 2.24) is 0 Å². The van der Waals surface area contributed by atoms with Gasteiger partial charge in [-0.15, -0.1) is 0 Å². The van der Waals surface area contributed by atoms with Gasteiger partial charge in [-0.1, -0.05) is 18.2 Å². The summed E-state index contributed by atoms with van der Waals surface area (Å²) in [5.74, 6) is -2.87. The van der Waals surface area contributed by atoms with Crippen LogP contribution in [-0.4, -0.2) is 29.2 Å². The van der Waals surface area contributed by atoms with E-state index in [0.29, 0.717) is 5.69 Å². The van der Waals surface area contributed by atoms with Crippen molar-refractivity contribution in [2.45, 2.75) is 19.1 Å². The number of aliphatic carboxylic acids is 1. The molecule has 6 heteroatoms. The van der Waals surface area contributed by atoms with Crippen molar-refractivity contribution in [2.75, 3.05) is 5.32 Å². The number of carbonyl (C=O) groups excluding carboxylic acids is 1. The molecule has 2 aliphatic heterocycles. The third kappa shape index (κ3) is 2.49. The third-order valence-corrected chi connectivity index (χ3v) is 4.53. The fourth-order valence-corrected chi connectivity index (χ4v) is 3.44. The molecule has 21 heavy (non-hydrogen) atoms. The number of amides is 1. The number of benzene rings is 1. The number of hydrogen-bond acceptors (Lipinski definition) is 3. The number of hydrogen-bond donors (Lipinski definition) is 2. The van der Waals surface area contributed by atoms with Gasteiger partial charge in [-0.25, -0.2) is 0 Å². The minimum atomic E-state index is -1.00. The zero-order chi connectivity index (χ0) is 15.1. The molecule has 0 aliphatic carbocycles. The van der Waals surface area contributed by atoms with Crippen molar-refractivity contribution in [1.29, 1.82) is 0 Å². The standard InChI is InChI=1S/C15H14BrNO4/c1-7-2-3-9(8(16)6-7)17-14(18)12-10-4-5-11(21-10)13(12)15(19)20/h2-6,10-13H,1H3,(H,17,18)(H,19,20)/t10-,11-,12-,13-/m1/s1. The first-order chi connectivity index (χ1) is 9.97. The summed E-state index contributed by atoms with van der Waals surface area (Å²) in [7, 11) is 0. The van der Waals surface area contributed by atoms with Crippen LogP contribution in [0.2, 0.25) is 0 Å². The Labute approximate surface area is 130 Å². The first-order valence-electron chi connectivity index (χ1n) is 6.61. The second-order valence-corrected chi connectivity index (χ2v) is 6.17. The molecule has 1 fully saturated rings. The molecule has 1 amide bonds. The van der Waals surface area contributed by atoms with Crippen molar-refractivity contribution in [3.05, 3.63) is 40.4 Å². The van der Waals surface area contributed by atoms with E-state index in [2.05, 4.69) is 21.2 Å². The molecule has 1 saturated heterocycles. The Hall–Kier alpha value is -1.66. The average Bonchev–Trinajstić information content (AvgIpc) is 3.02. The maximum Gasteiger partial charge on any atom is 0.310 e. The van der Waals surface area contributed by atoms with Crippen LogP contribution in [-0.2, 0) is 14.3 Å². The molecule has 5 nitrogen and oxygen atoms in total. The number of carbonyl (C=O) groups is 2. The highest BCUT2D eigenvalue weighted by atomic mass is 79.9. The van der Waals surface area contributed by atoms with Crippen molar-refractivity contribution in [3.8, 4) is 0 Å². The highest BCUT2D eigenvalue weighted by Crippen LogP contribution is 2.40. The molecular formula is C15H14BrNO4. The first kappa shape index (κ1) is 14.3. The number of carboxylic acid groups (broad SMARTS) is 1. The smallest absolute Gasteiger partial charge is 0.310 e. The topological polar surface area (TPSA) is 75.6 Å². The number of nitrogens with one attached hydrogen (secondary N) is 1. The third-order valence-electron chi connectivity index (χ3n) is 3.87. The molecule has 0 aromatic heterocycles. The lowest BCUT2D eigenvalue weighted by molar-refractivity contribution is -0.145. The van der Waals surface area contributed by atoms with Crippen LogP contribution in [0.4, 0.5) is 5.69 Å². The van der Waals surface area contributed by atoms with Crippen molar-refractivity contribution < 1.29 is 19.4 Å². The van der Waals surface area contributed by atoms with E-state index in [1.807, 2.05) is 19.1 Å². The van der Waals surface area contributed by atoms with Gasteiger partial charge in [0.1, 0.15) is 5.92 Å². The molecule has 1 aromatic rings. The summed E-state index contributed by atoms with van der Waals surface area (Å²) < 4.78 is 6.27. The van der Waals surface area contributed by atoms with Crippen LogP contribution in [0.15, 0.2) is 34.8 Å². The number of rotatable bonds is 3. The molecule has 0 radical (unpaired) electrons. The molecule has 2 aliphatic rings. The predicted molar refractivity (Wildman–Crippen MR) is 79.9 cm³/mol. The zero-order valence-electron chi connectivity index (χ0n) is 11.2. The van der Waals surface area contributed by atoms with Gasteiger partial charge in [-0.05, 0) is 40.5 Å². The summed E-state index contributed by atoms with van der Waals surface area (Å²) in [6, 6.07) is 5.56. The molecular weight excluding hydrogens is 338 g/mol. The van der Waals surface area contributed by atoms with Gasteiger partial charge < -0.3 is 15.2 Å². The second-order valence-electron chi connectivity index (χ2n) is 5.31. The first-order valence-corrected chi connectivity index (χ1v) is 7.40. The zero-order valence-corrected chi connectivity index (χ0v) is 12.8. The number of fused-ring (bicyclic) bond motifs is 2. The molecule has 110 valence electrons. The van der Waals surface area contributed by atoms with Gasteiger partial charge in [-0.3, -0.25) is 9.59 Å². The Morgan fingerprint density at radius 1 is 1.24 bits per heavy atom. The van der Waals surface area contributed by atoms with E-state index in [4.69, 9.17) is 4.74 Å². The minimum absolute atomic E-state index is 0.330. The Balaban J connectivity index is 1.82. The van der Waals surface area contributed by atoms with Crippen molar-refractivity contribution >= 4 is 33.5 Å². The summed E-state index contributed by atoms with van der Waals surface area (Å²) in [6.45, 7) is 1.95. The molecule has 2 heterocycles. The number of anilines is 1. The molecule has 2 N–H and O–H groups in total. The molecule has 0 spiro atoms. The van der Waals surface area contributed by atoms with Gasteiger partial charge >= 0.3 is 5.97 Å². The van der Waals surface area contributed by atoms with Gasteiger partial charge in [0.05, 0.1) is 23.8 Å². The van der Waals surface area contributed by atoms with E-state index in [1.165, 1.54) is 0 Å². The molecule has 1 aromatic carbocycles. The fraction of sp³-hybridized carbons (Fsp3) is 0.333. The van der Waals surface area contributed by atoms with E-state index in [1.54, 1.807) is 18.2 Å². The number of carboxylic acids is 1. The maximum atomic E-state index is 12.4. The Kier molecular flexibility index (Phi) is 3.59. The summed E-state index contributed by atoms with van der Waals surface area (Å²) in [4.78, 5) is 23.8. The normalized spacial score (nSPS) is 29.6. The van der Waals surface area contributed by atoms with Gasteiger partial charge in [0.2, 0.25) is 5.91 Å². The summed E-state index contributed by atoms with van der Waals surface area (Å²) in [6.07, 6.45) is 2.51. The number of halogens is 1. The van der Waals surface area contributed by atoms with Gasteiger partial charge in [0, 0.05) is 4.47 Å². The van der Waals surface area contributed by atoms with Crippen LogP contribution >= 0.6 is 15.9 Å². The highest BCUT2D eigenvalue weighted by Gasteiger charge is 2.53. The predicted octanol–water partition coefficient (Wildman–Crippen LogP) is 2.35. The van der Waals surface area contributed by atoms with Crippen LogP contribution in [0.1, 0.15) is 5.56 Å². The van der Waals surface area contributed by atoms with Gasteiger partial charge in [-0.2, -0.15) is 0 Å². The lowest BCUT2D eigenvalue weighted by Crippen LogP contribution is -2.39. The number of ether oxygens (including phenoxy) is 1. The van der Waals surface area contributed by atoms with Crippen LogP contribution in [0, 0.1) is 18.8 Å². The summed E-state index contributed by atoms with van der Waals surface area (Å²) in [5.41, 5.74) is 1.69. The Morgan fingerprint density at radius 2 is 1.90 bits per heavy atom. The minimum Gasteiger partial charge on any atom is -0.481 e. The summed E-state index contributed by atoms with van der Waals surface area (Å²) >= 11 is 3.39. The van der Waals surface area contributed by atoms with E-state index in [9.17, 15) is 14.7 Å². The highest BCUT2D eigenvalue weighted by molar-refractivity contribution is 9.10. The quantitative estimate of drug-likeness (QED) is 0.819. The SMILES string of the molecule is Cc1ccc(NC(=O)[C@H]2[C@H](C(=O)O)[C@H]3C=C[C@H]2O3)c(Br)c1. The van der Waals surface area contributed by atoms with E-state index < -0.39 is 30.0 Å². The van der Waals surface area contributed by atoms with E-state index in [0.717, 1.165) is 10.0 Å². The monoisotopic (exact) mass is 351 g/mol. The number of aryl methyl sites for hydroxylation is 1. The largest absolute Gasteiger partial charge is 0.481 e. The fourth-order valence-electron chi connectivity index (χ4n) is 2.85. The van der Waals surface area contributed by atoms with Crippen LogP contribution in [0.3, 0.4) is 0 Å².